The molecule has 2 aromatic rings. The summed E-state index contributed by atoms with van der Waals surface area (Å²) in [6, 6.07) is 13.9. The molecule has 0 saturated carbocycles. The zero-order chi connectivity index (χ0) is 16.1. The minimum Gasteiger partial charge on any atom is -0.381 e. The lowest BCUT2D eigenvalue weighted by Crippen LogP contribution is -2.48. The molecule has 1 aliphatic heterocycles. The number of rotatable bonds is 4. The fourth-order valence-electron chi connectivity index (χ4n) is 3.19. The topological polar surface area (TPSA) is 51.2 Å². The molecule has 1 atom stereocenters. The van der Waals surface area contributed by atoms with E-state index in [2.05, 4.69) is 10.3 Å². The Hall–Kier alpha value is -2.20. The van der Waals surface area contributed by atoms with Crippen LogP contribution in [0.25, 0.3) is 0 Å². The molecule has 1 fully saturated rings. The second-order valence-corrected chi connectivity index (χ2v) is 6.04. The molecule has 23 heavy (non-hydrogen) atoms. The van der Waals surface area contributed by atoms with Crippen molar-refractivity contribution in [1.29, 1.82) is 0 Å². The van der Waals surface area contributed by atoms with E-state index in [4.69, 9.17) is 4.74 Å². The Morgan fingerprint density at radius 2 is 1.78 bits per heavy atom. The highest BCUT2D eigenvalue weighted by Gasteiger charge is 2.41. The Bertz CT molecular complexity index is 637. The van der Waals surface area contributed by atoms with E-state index >= 15 is 0 Å². The number of hydrogen-bond acceptors (Lipinski definition) is 3. The number of hydrogen-bond donors (Lipinski definition) is 1. The van der Waals surface area contributed by atoms with Crippen LogP contribution in [0.4, 0.5) is 0 Å². The molecule has 1 saturated heterocycles. The molecule has 1 aliphatic rings. The molecule has 0 spiro atoms. The molecule has 1 N–H and O–H groups in total. The molecule has 4 heteroatoms. The summed E-state index contributed by atoms with van der Waals surface area (Å²) < 4.78 is 5.50. The molecule has 0 aliphatic carbocycles. The third-order valence-corrected chi connectivity index (χ3v) is 4.66. The minimum atomic E-state index is -0.499. The number of aromatic nitrogens is 1. The van der Waals surface area contributed by atoms with Crippen LogP contribution in [-0.2, 0) is 14.9 Å². The van der Waals surface area contributed by atoms with Crippen LogP contribution in [0, 0.1) is 0 Å². The summed E-state index contributed by atoms with van der Waals surface area (Å²) >= 11 is 0. The standard InChI is InChI=1S/C19H22N2O2/c1-15(16-7-11-20-12-8-16)21-18(22)19(9-13-23-14-10-19)17-5-3-2-4-6-17/h2-8,11-12,15H,9-10,13-14H2,1H3,(H,21,22). The first-order valence-electron chi connectivity index (χ1n) is 8.06. The predicted molar refractivity (Wildman–Crippen MR) is 89.0 cm³/mol. The van der Waals surface area contributed by atoms with Crippen molar-refractivity contribution < 1.29 is 9.53 Å². The van der Waals surface area contributed by atoms with Gasteiger partial charge >= 0.3 is 0 Å². The third-order valence-electron chi connectivity index (χ3n) is 4.66. The van der Waals surface area contributed by atoms with E-state index in [9.17, 15) is 4.79 Å². The molecule has 0 bridgehead atoms. The molecule has 0 radical (unpaired) electrons. The predicted octanol–water partition coefficient (Wildman–Crippen LogP) is 3.01. The number of amides is 1. The minimum absolute atomic E-state index is 0.0473. The van der Waals surface area contributed by atoms with Crippen molar-refractivity contribution in [2.24, 2.45) is 0 Å². The number of carbonyl (C=O) groups is 1. The number of benzene rings is 1. The van der Waals surface area contributed by atoms with Crippen molar-refractivity contribution in [3.8, 4) is 0 Å². The highest BCUT2D eigenvalue weighted by molar-refractivity contribution is 5.88. The van der Waals surface area contributed by atoms with E-state index in [1.165, 1.54) is 0 Å². The SMILES string of the molecule is CC(NC(=O)C1(c2ccccc2)CCOCC1)c1ccncc1. The zero-order valence-electron chi connectivity index (χ0n) is 13.4. The molecule has 1 unspecified atom stereocenters. The fraction of sp³-hybridized carbons (Fsp3) is 0.368. The molecule has 3 rings (SSSR count). The number of pyridine rings is 1. The summed E-state index contributed by atoms with van der Waals surface area (Å²) in [6.45, 7) is 3.24. The van der Waals surface area contributed by atoms with Crippen LogP contribution < -0.4 is 5.32 Å². The van der Waals surface area contributed by atoms with Crippen LogP contribution in [0.3, 0.4) is 0 Å². The first-order valence-corrected chi connectivity index (χ1v) is 8.06. The Morgan fingerprint density at radius 3 is 2.43 bits per heavy atom. The normalized spacial score (nSPS) is 18.1. The van der Waals surface area contributed by atoms with E-state index in [-0.39, 0.29) is 11.9 Å². The summed E-state index contributed by atoms with van der Waals surface area (Å²) in [5, 5.41) is 3.18. The largest absolute Gasteiger partial charge is 0.381 e. The van der Waals surface area contributed by atoms with Gasteiger partial charge in [0.05, 0.1) is 11.5 Å². The first-order chi connectivity index (χ1) is 11.2. The van der Waals surface area contributed by atoms with Crippen molar-refractivity contribution in [3.63, 3.8) is 0 Å². The van der Waals surface area contributed by atoms with Gasteiger partial charge in [-0.15, -0.1) is 0 Å². The van der Waals surface area contributed by atoms with Crippen LogP contribution in [0.2, 0.25) is 0 Å². The molecule has 2 heterocycles. The average Bonchev–Trinajstić information content (AvgIpc) is 2.63. The third kappa shape index (κ3) is 3.27. The summed E-state index contributed by atoms with van der Waals surface area (Å²) in [6.07, 6.45) is 4.93. The number of nitrogens with one attached hydrogen (secondary N) is 1. The summed E-state index contributed by atoms with van der Waals surface area (Å²) in [4.78, 5) is 17.2. The Balaban J connectivity index is 1.84. The van der Waals surface area contributed by atoms with Gasteiger partial charge in [-0.2, -0.15) is 0 Å². The van der Waals surface area contributed by atoms with Crippen LogP contribution >= 0.6 is 0 Å². The number of ether oxygens (including phenoxy) is 1. The van der Waals surface area contributed by atoms with Crippen molar-refractivity contribution in [2.45, 2.75) is 31.2 Å². The van der Waals surface area contributed by atoms with E-state index in [0.717, 1.165) is 11.1 Å². The van der Waals surface area contributed by atoms with Gasteiger partial charge in [-0.3, -0.25) is 9.78 Å². The van der Waals surface area contributed by atoms with Gasteiger partial charge in [-0.05, 0) is 43.0 Å². The smallest absolute Gasteiger partial charge is 0.231 e. The number of nitrogens with zero attached hydrogens (tertiary/aromatic N) is 1. The van der Waals surface area contributed by atoms with Gasteiger partial charge in [0.2, 0.25) is 5.91 Å². The van der Waals surface area contributed by atoms with Crippen LogP contribution in [0.5, 0.6) is 0 Å². The lowest BCUT2D eigenvalue weighted by atomic mass is 9.73. The lowest BCUT2D eigenvalue weighted by Gasteiger charge is -2.37. The van der Waals surface area contributed by atoms with Crippen LogP contribution in [-0.4, -0.2) is 24.1 Å². The maximum Gasteiger partial charge on any atom is 0.231 e. The quantitative estimate of drug-likeness (QED) is 0.944. The van der Waals surface area contributed by atoms with E-state index in [1.54, 1.807) is 12.4 Å². The second-order valence-electron chi connectivity index (χ2n) is 6.04. The van der Waals surface area contributed by atoms with Gasteiger partial charge < -0.3 is 10.1 Å². The van der Waals surface area contributed by atoms with Gasteiger partial charge in [0, 0.05) is 25.6 Å². The van der Waals surface area contributed by atoms with Crippen molar-refractivity contribution in [3.05, 3.63) is 66.0 Å². The van der Waals surface area contributed by atoms with Gasteiger partial charge in [0.1, 0.15) is 0 Å². The van der Waals surface area contributed by atoms with Gasteiger partial charge in [0.15, 0.2) is 0 Å². The second kappa shape index (κ2) is 6.92. The fourth-order valence-corrected chi connectivity index (χ4v) is 3.19. The Labute approximate surface area is 136 Å². The zero-order valence-corrected chi connectivity index (χ0v) is 13.4. The van der Waals surface area contributed by atoms with Gasteiger partial charge in [-0.1, -0.05) is 30.3 Å². The average molecular weight is 310 g/mol. The summed E-state index contributed by atoms with van der Waals surface area (Å²) in [5.41, 5.74) is 1.63. The summed E-state index contributed by atoms with van der Waals surface area (Å²) in [7, 11) is 0. The van der Waals surface area contributed by atoms with Crippen molar-refractivity contribution in [2.75, 3.05) is 13.2 Å². The summed E-state index contributed by atoms with van der Waals surface area (Å²) in [5.74, 6) is 0.0799. The highest BCUT2D eigenvalue weighted by atomic mass is 16.5. The van der Waals surface area contributed by atoms with Crippen LogP contribution in [0.1, 0.15) is 36.9 Å². The Kier molecular flexibility index (Phi) is 4.72. The first kappa shape index (κ1) is 15.7. The monoisotopic (exact) mass is 310 g/mol. The van der Waals surface area contributed by atoms with E-state index < -0.39 is 5.41 Å². The van der Waals surface area contributed by atoms with Crippen molar-refractivity contribution in [1.82, 2.24) is 10.3 Å². The molecule has 4 nitrogen and oxygen atoms in total. The van der Waals surface area contributed by atoms with Crippen molar-refractivity contribution >= 4 is 5.91 Å². The van der Waals surface area contributed by atoms with E-state index in [1.807, 2.05) is 49.4 Å². The molecule has 120 valence electrons. The maximum atomic E-state index is 13.1. The molecular formula is C19H22N2O2. The number of carbonyl (C=O) groups excluding carboxylic acids is 1. The van der Waals surface area contributed by atoms with E-state index in [0.29, 0.717) is 26.1 Å². The lowest BCUT2D eigenvalue weighted by molar-refractivity contribution is -0.131. The highest BCUT2D eigenvalue weighted by Crippen LogP contribution is 2.35. The Morgan fingerprint density at radius 1 is 1.13 bits per heavy atom. The maximum absolute atomic E-state index is 13.1. The molecule has 1 aromatic carbocycles. The molecular weight excluding hydrogens is 288 g/mol. The molecule has 1 aromatic heterocycles. The van der Waals surface area contributed by atoms with Gasteiger partial charge in [0.25, 0.3) is 0 Å². The molecule has 1 amide bonds. The van der Waals surface area contributed by atoms with Gasteiger partial charge in [-0.25, -0.2) is 0 Å². The van der Waals surface area contributed by atoms with Crippen LogP contribution in [0.15, 0.2) is 54.9 Å².